The third-order valence-electron chi connectivity index (χ3n) is 7.25. The molecular formula is C32H33ClN4O2. The van der Waals surface area contributed by atoms with Crippen molar-refractivity contribution in [1.82, 2.24) is 9.88 Å². The number of nitrogens with zero attached hydrogens (tertiary/aromatic N) is 3. The molecule has 1 atom stereocenters. The minimum Gasteiger partial charge on any atom is -0.489 e. The van der Waals surface area contributed by atoms with E-state index in [1.807, 2.05) is 48.5 Å². The Morgan fingerprint density at radius 1 is 1.03 bits per heavy atom. The number of anilines is 1. The molecule has 5 rings (SSSR count). The highest BCUT2D eigenvalue weighted by Crippen LogP contribution is 2.30. The lowest BCUT2D eigenvalue weighted by Crippen LogP contribution is -2.37. The predicted molar refractivity (Wildman–Crippen MR) is 155 cm³/mol. The molecule has 200 valence electrons. The van der Waals surface area contributed by atoms with Crippen LogP contribution in [0.25, 0.3) is 11.5 Å². The maximum Gasteiger partial charge on any atom is 0.232 e. The van der Waals surface area contributed by atoms with Crippen molar-refractivity contribution < 1.29 is 9.15 Å². The second-order valence-electron chi connectivity index (χ2n) is 9.80. The summed E-state index contributed by atoms with van der Waals surface area (Å²) in [6, 6.07) is 26.3. The minimum absolute atomic E-state index is 0.186. The highest BCUT2D eigenvalue weighted by atomic mass is 35.5. The first kappa shape index (κ1) is 26.8. The van der Waals surface area contributed by atoms with Gasteiger partial charge in [-0.2, -0.15) is 10.2 Å². The molecule has 39 heavy (non-hydrogen) atoms. The van der Waals surface area contributed by atoms with Crippen LogP contribution in [0.1, 0.15) is 54.6 Å². The Labute approximate surface area is 235 Å². The average Bonchev–Trinajstić information content (AvgIpc) is 3.41. The van der Waals surface area contributed by atoms with Gasteiger partial charge in [-0.1, -0.05) is 67.4 Å². The fraction of sp³-hybridized carbons (Fsp3) is 0.312. The van der Waals surface area contributed by atoms with Crippen LogP contribution in [-0.4, -0.2) is 29.5 Å². The summed E-state index contributed by atoms with van der Waals surface area (Å²) in [5.74, 6) is 1.51. The fourth-order valence-corrected chi connectivity index (χ4v) is 5.15. The molecule has 7 heteroatoms. The Balaban J connectivity index is 1.28. The lowest BCUT2D eigenvalue weighted by Gasteiger charge is -2.35. The van der Waals surface area contributed by atoms with Gasteiger partial charge in [0, 0.05) is 22.7 Å². The van der Waals surface area contributed by atoms with E-state index in [1.54, 1.807) is 0 Å². The zero-order chi connectivity index (χ0) is 27.0. The number of rotatable bonds is 10. The molecule has 0 aliphatic carbocycles. The van der Waals surface area contributed by atoms with Crippen LogP contribution in [0.5, 0.6) is 5.75 Å². The summed E-state index contributed by atoms with van der Waals surface area (Å²) in [5.41, 5.74) is 4.55. The lowest BCUT2D eigenvalue weighted by molar-refractivity contribution is 0.170. The number of aromatic nitrogens is 1. The average molecular weight is 541 g/mol. The van der Waals surface area contributed by atoms with Crippen LogP contribution in [-0.2, 0) is 13.0 Å². The van der Waals surface area contributed by atoms with Gasteiger partial charge in [0.25, 0.3) is 0 Å². The van der Waals surface area contributed by atoms with E-state index in [-0.39, 0.29) is 11.7 Å². The van der Waals surface area contributed by atoms with Gasteiger partial charge in [0.05, 0.1) is 6.04 Å². The van der Waals surface area contributed by atoms with Crippen molar-refractivity contribution in [2.75, 3.05) is 25.0 Å². The predicted octanol–water partition coefficient (Wildman–Crippen LogP) is 7.65. The van der Waals surface area contributed by atoms with Crippen LogP contribution in [0.3, 0.4) is 0 Å². The molecule has 0 bridgehead atoms. The van der Waals surface area contributed by atoms with Gasteiger partial charge in [-0.3, -0.25) is 4.90 Å². The van der Waals surface area contributed by atoms with Crippen LogP contribution in [0, 0.1) is 11.3 Å². The summed E-state index contributed by atoms with van der Waals surface area (Å²) in [4.78, 5) is 6.99. The van der Waals surface area contributed by atoms with Crippen molar-refractivity contribution in [1.29, 1.82) is 5.26 Å². The van der Waals surface area contributed by atoms with Crippen molar-refractivity contribution in [2.24, 2.45) is 0 Å². The van der Waals surface area contributed by atoms with Gasteiger partial charge >= 0.3 is 0 Å². The number of hydrogen-bond acceptors (Lipinski definition) is 6. The first-order valence-electron chi connectivity index (χ1n) is 13.6. The topological polar surface area (TPSA) is 74.3 Å². The van der Waals surface area contributed by atoms with Crippen molar-refractivity contribution in [3.05, 3.63) is 100 Å². The highest BCUT2D eigenvalue weighted by Gasteiger charge is 2.24. The van der Waals surface area contributed by atoms with E-state index in [4.69, 9.17) is 20.8 Å². The van der Waals surface area contributed by atoms with Gasteiger partial charge in [-0.05, 0) is 73.8 Å². The molecule has 1 N–H and O–H groups in total. The van der Waals surface area contributed by atoms with Gasteiger partial charge in [-0.25, -0.2) is 0 Å². The maximum atomic E-state index is 9.76. The van der Waals surface area contributed by atoms with E-state index in [1.165, 1.54) is 30.4 Å². The largest absolute Gasteiger partial charge is 0.489 e. The zero-order valence-corrected chi connectivity index (χ0v) is 23.0. The highest BCUT2D eigenvalue weighted by molar-refractivity contribution is 6.31. The second kappa shape index (κ2) is 12.8. The number of nitriles is 1. The van der Waals surface area contributed by atoms with Gasteiger partial charge < -0.3 is 14.5 Å². The number of benzene rings is 3. The van der Waals surface area contributed by atoms with E-state index in [9.17, 15) is 5.26 Å². The SMILES string of the molecule is CCc1ccc([C@@H](CNc2oc(-c3ccc(OCc4ccccc4Cl)cc3)nc2C#N)N2CCCCC2)cc1. The number of ether oxygens (including phenoxy) is 1. The molecule has 2 heterocycles. The quantitative estimate of drug-likeness (QED) is 0.223. The molecule has 6 nitrogen and oxygen atoms in total. The van der Waals surface area contributed by atoms with Crippen molar-refractivity contribution in [3.8, 4) is 23.3 Å². The molecule has 1 fully saturated rings. The summed E-state index contributed by atoms with van der Waals surface area (Å²) in [5, 5.41) is 13.8. The van der Waals surface area contributed by atoms with Gasteiger partial charge in [-0.15, -0.1) is 0 Å². The Kier molecular flexibility index (Phi) is 8.82. The zero-order valence-electron chi connectivity index (χ0n) is 22.2. The molecule has 0 saturated carbocycles. The molecule has 1 saturated heterocycles. The Hall–Kier alpha value is -3.79. The summed E-state index contributed by atoms with van der Waals surface area (Å²) in [6.45, 7) is 5.32. The number of halogens is 1. The molecule has 1 aromatic heterocycles. The van der Waals surface area contributed by atoms with Crippen LogP contribution in [0.15, 0.2) is 77.2 Å². The first-order valence-corrected chi connectivity index (χ1v) is 14.0. The van der Waals surface area contributed by atoms with Crippen molar-refractivity contribution in [3.63, 3.8) is 0 Å². The first-order chi connectivity index (χ1) is 19.1. The molecule has 0 amide bonds. The number of nitrogens with one attached hydrogen (secondary N) is 1. The van der Waals surface area contributed by atoms with E-state index < -0.39 is 0 Å². The standard InChI is InChI=1S/C32H33ClN4O2/c1-2-23-10-12-24(13-11-23)30(37-18-6-3-7-19-37)21-35-32-29(20-34)36-31(39-32)25-14-16-27(17-15-25)38-22-26-8-4-5-9-28(26)33/h4-5,8-17,30,35H,2-3,6-7,18-19,21-22H2,1H3/t30-/m1/s1. The summed E-state index contributed by atoms with van der Waals surface area (Å²) in [7, 11) is 0. The van der Waals surface area contributed by atoms with Crippen molar-refractivity contribution >= 4 is 17.5 Å². The summed E-state index contributed by atoms with van der Waals surface area (Å²) >= 11 is 6.23. The fourth-order valence-electron chi connectivity index (χ4n) is 4.96. The van der Waals surface area contributed by atoms with E-state index in [2.05, 4.69) is 52.5 Å². The number of oxazole rings is 1. The maximum absolute atomic E-state index is 9.76. The monoisotopic (exact) mass is 540 g/mol. The molecule has 1 aliphatic heterocycles. The summed E-state index contributed by atoms with van der Waals surface area (Å²) in [6.07, 6.45) is 4.71. The lowest BCUT2D eigenvalue weighted by atomic mass is 10.00. The van der Waals surface area contributed by atoms with Gasteiger partial charge in [0.15, 0.2) is 0 Å². The van der Waals surface area contributed by atoms with Gasteiger partial charge in [0.1, 0.15) is 18.4 Å². The van der Waals surface area contributed by atoms with Gasteiger partial charge in [0.2, 0.25) is 17.5 Å². The van der Waals surface area contributed by atoms with Crippen LogP contribution < -0.4 is 10.1 Å². The molecule has 3 aromatic carbocycles. The number of hydrogen-bond donors (Lipinski definition) is 1. The smallest absolute Gasteiger partial charge is 0.232 e. The van der Waals surface area contributed by atoms with E-state index in [0.29, 0.717) is 35.7 Å². The van der Waals surface area contributed by atoms with E-state index in [0.717, 1.165) is 30.6 Å². The molecular weight excluding hydrogens is 508 g/mol. The second-order valence-corrected chi connectivity index (χ2v) is 10.2. The minimum atomic E-state index is 0.186. The molecule has 0 spiro atoms. The van der Waals surface area contributed by atoms with Crippen LogP contribution in [0.2, 0.25) is 5.02 Å². The molecule has 0 radical (unpaired) electrons. The third kappa shape index (κ3) is 6.62. The van der Waals surface area contributed by atoms with E-state index >= 15 is 0 Å². The third-order valence-corrected chi connectivity index (χ3v) is 7.62. The number of likely N-dealkylation sites (tertiary alicyclic amines) is 1. The Bertz CT molecular complexity index is 1400. The van der Waals surface area contributed by atoms with Crippen LogP contribution in [0.4, 0.5) is 5.88 Å². The molecule has 0 unspecified atom stereocenters. The molecule has 4 aromatic rings. The number of aryl methyl sites for hydroxylation is 1. The molecule has 1 aliphatic rings. The Morgan fingerprint density at radius 2 is 1.77 bits per heavy atom. The number of piperidine rings is 1. The van der Waals surface area contributed by atoms with Crippen LogP contribution >= 0.6 is 11.6 Å². The Morgan fingerprint density at radius 3 is 2.46 bits per heavy atom. The normalized spacial score (nSPS) is 14.5. The summed E-state index contributed by atoms with van der Waals surface area (Å²) < 4.78 is 12.0. The van der Waals surface area contributed by atoms with Crippen molar-refractivity contribution in [2.45, 2.75) is 45.3 Å².